The lowest BCUT2D eigenvalue weighted by Gasteiger charge is -2.35. The predicted molar refractivity (Wildman–Crippen MR) is 115 cm³/mol. The number of nitrogens with zero attached hydrogens (tertiary/aromatic N) is 2. The van der Waals surface area contributed by atoms with Gasteiger partial charge in [-0.25, -0.2) is 8.42 Å². The number of ether oxygens (including phenoxy) is 1. The first-order valence-corrected chi connectivity index (χ1v) is 11.6. The summed E-state index contributed by atoms with van der Waals surface area (Å²) in [7, 11) is -1.99. The van der Waals surface area contributed by atoms with Gasteiger partial charge in [0.05, 0.1) is 12.9 Å². The molecule has 29 heavy (non-hydrogen) atoms. The molecule has 1 amide bonds. The number of methoxy groups -OCH3 is 1. The van der Waals surface area contributed by atoms with Gasteiger partial charge in [-0.05, 0) is 30.7 Å². The highest BCUT2D eigenvalue weighted by molar-refractivity contribution is 7.89. The van der Waals surface area contributed by atoms with Gasteiger partial charge in [-0.3, -0.25) is 4.79 Å². The summed E-state index contributed by atoms with van der Waals surface area (Å²) in [6.07, 6.45) is 3.73. The number of primary amides is 1. The number of nitrogens with two attached hydrogens (primary N) is 1. The van der Waals surface area contributed by atoms with E-state index in [9.17, 15) is 13.2 Å². The lowest BCUT2D eigenvalue weighted by atomic mass is 10.1. The Morgan fingerprint density at radius 3 is 2.38 bits per heavy atom. The summed E-state index contributed by atoms with van der Waals surface area (Å²) in [4.78, 5) is 13.8. The molecule has 1 unspecified atom stereocenters. The second-order valence-corrected chi connectivity index (χ2v) is 9.11. The number of rotatable bonds is 9. The van der Waals surface area contributed by atoms with Crippen molar-refractivity contribution in [1.29, 1.82) is 0 Å². The molecule has 2 rings (SSSR count). The zero-order valence-electron chi connectivity index (χ0n) is 17.3. The van der Waals surface area contributed by atoms with Crippen LogP contribution < -0.4 is 15.4 Å². The average Bonchev–Trinajstić information content (AvgIpc) is 2.72. The van der Waals surface area contributed by atoms with Gasteiger partial charge in [0, 0.05) is 38.3 Å². The molecule has 1 aliphatic rings. The molecule has 1 aromatic carbocycles. The summed E-state index contributed by atoms with van der Waals surface area (Å²) in [5.41, 5.74) is 6.42. The molecule has 2 N–H and O–H groups in total. The highest BCUT2D eigenvalue weighted by atomic mass is 32.2. The first-order chi connectivity index (χ1) is 13.9. The van der Waals surface area contributed by atoms with E-state index in [2.05, 4.69) is 23.7 Å². The van der Waals surface area contributed by atoms with E-state index in [0.717, 1.165) is 30.7 Å². The summed E-state index contributed by atoms with van der Waals surface area (Å²) < 4.78 is 32.2. The molecule has 0 saturated carbocycles. The first-order valence-electron chi connectivity index (χ1n) is 10.0. The molecule has 8 heteroatoms. The molecule has 7 nitrogen and oxygen atoms in total. The zero-order valence-corrected chi connectivity index (χ0v) is 18.1. The van der Waals surface area contributed by atoms with Crippen LogP contribution in [0.5, 0.6) is 5.75 Å². The van der Waals surface area contributed by atoms with E-state index in [0.29, 0.717) is 32.6 Å². The zero-order chi connectivity index (χ0) is 21.3. The van der Waals surface area contributed by atoms with Gasteiger partial charge in [0.25, 0.3) is 0 Å². The van der Waals surface area contributed by atoms with E-state index in [-0.39, 0.29) is 5.75 Å². The highest BCUT2D eigenvalue weighted by Gasteiger charge is 2.31. The third kappa shape index (κ3) is 6.94. The summed E-state index contributed by atoms with van der Waals surface area (Å²) in [6, 6.07) is 7.69. The molecule has 1 atom stereocenters. The molecule has 0 aromatic heterocycles. The van der Waals surface area contributed by atoms with Gasteiger partial charge < -0.3 is 15.4 Å². The highest BCUT2D eigenvalue weighted by Crippen LogP contribution is 2.21. The lowest BCUT2D eigenvalue weighted by Crippen LogP contribution is -2.50. The maximum absolute atomic E-state index is 12.8. The number of hydrogen-bond donors (Lipinski definition) is 1. The SMILES string of the molecule is CCCCCC#CC(CS(=O)(=O)N1CCN(c2ccc(OC)cc2)CC1)C(N)=O. The number of unbranched alkanes of at least 4 members (excludes halogenated alkanes) is 3. The van der Waals surface area contributed by atoms with Crippen molar-refractivity contribution in [3.63, 3.8) is 0 Å². The molecule has 1 fully saturated rings. The predicted octanol–water partition coefficient (Wildman–Crippen LogP) is 1.83. The van der Waals surface area contributed by atoms with Crippen LogP contribution in [0.2, 0.25) is 0 Å². The number of benzene rings is 1. The number of sulfonamides is 1. The van der Waals surface area contributed by atoms with E-state index in [1.165, 1.54) is 4.31 Å². The molecule has 1 aliphatic heterocycles. The van der Waals surface area contributed by atoms with Crippen LogP contribution in [-0.2, 0) is 14.8 Å². The van der Waals surface area contributed by atoms with E-state index in [4.69, 9.17) is 10.5 Å². The molecular formula is C21H31N3O4S. The fourth-order valence-corrected chi connectivity index (χ4v) is 4.79. The van der Waals surface area contributed by atoms with Crippen LogP contribution in [-0.4, -0.2) is 57.7 Å². The van der Waals surface area contributed by atoms with Gasteiger partial charge in [0.2, 0.25) is 15.9 Å². The van der Waals surface area contributed by atoms with Crippen molar-refractivity contribution in [2.75, 3.05) is 43.9 Å². The number of carbonyl (C=O) groups excluding carboxylic acids is 1. The molecule has 0 radical (unpaired) electrons. The number of anilines is 1. The minimum Gasteiger partial charge on any atom is -0.497 e. The molecular weight excluding hydrogens is 390 g/mol. The van der Waals surface area contributed by atoms with Gasteiger partial charge in [-0.1, -0.05) is 25.7 Å². The van der Waals surface area contributed by atoms with Gasteiger partial charge in [0.1, 0.15) is 11.7 Å². The van der Waals surface area contributed by atoms with Gasteiger partial charge in [0.15, 0.2) is 0 Å². The summed E-state index contributed by atoms with van der Waals surface area (Å²) in [5, 5.41) is 0. The van der Waals surface area contributed by atoms with E-state index < -0.39 is 21.8 Å². The van der Waals surface area contributed by atoms with Gasteiger partial charge in [-0.15, -0.1) is 5.92 Å². The Morgan fingerprint density at radius 2 is 1.83 bits per heavy atom. The summed E-state index contributed by atoms with van der Waals surface area (Å²) >= 11 is 0. The molecule has 0 aliphatic carbocycles. The maximum Gasteiger partial charge on any atom is 0.233 e. The Hall–Kier alpha value is -2.24. The maximum atomic E-state index is 12.8. The van der Waals surface area contributed by atoms with E-state index in [1.54, 1.807) is 7.11 Å². The topological polar surface area (TPSA) is 92.9 Å². The Balaban J connectivity index is 1.94. The number of amides is 1. The standard InChI is InChI=1S/C21H31N3O4S/c1-3-4-5-6-7-8-18(21(22)25)17-29(26,27)24-15-13-23(14-16-24)19-9-11-20(28-2)12-10-19/h9-12,18H,3-6,13-17H2,1-2H3,(H2,22,25). The van der Waals surface area contributed by atoms with Gasteiger partial charge in [-0.2, -0.15) is 4.31 Å². The molecule has 0 spiro atoms. The van der Waals surface area contributed by atoms with Crippen molar-refractivity contribution in [3.05, 3.63) is 24.3 Å². The monoisotopic (exact) mass is 421 g/mol. The molecule has 160 valence electrons. The Morgan fingerprint density at radius 1 is 1.17 bits per heavy atom. The van der Waals surface area contributed by atoms with Crippen molar-refractivity contribution < 1.29 is 17.9 Å². The quantitative estimate of drug-likeness (QED) is 0.485. The van der Waals surface area contributed by atoms with Gasteiger partial charge >= 0.3 is 0 Å². The van der Waals surface area contributed by atoms with E-state index >= 15 is 0 Å². The number of hydrogen-bond acceptors (Lipinski definition) is 5. The second kappa shape index (κ2) is 11.1. The fraction of sp³-hybridized carbons (Fsp3) is 0.571. The molecule has 1 heterocycles. The third-order valence-electron chi connectivity index (χ3n) is 4.97. The van der Waals surface area contributed by atoms with Crippen molar-refractivity contribution in [3.8, 4) is 17.6 Å². The summed E-state index contributed by atoms with van der Waals surface area (Å²) in [6.45, 7) is 3.99. The average molecular weight is 422 g/mol. The molecule has 1 aromatic rings. The van der Waals surface area contributed by atoms with Crippen molar-refractivity contribution in [1.82, 2.24) is 4.31 Å². The Labute approximate surface area is 174 Å². The normalized spacial score (nSPS) is 16.0. The van der Waals surface area contributed by atoms with Crippen LogP contribution >= 0.6 is 0 Å². The van der Waals surface area contributed by atoms with Crippen LogP contribution in [0, 0.1) is 17.8 Å². The van der Waals surface area contributed by atoms with Crippen molar-refractivity contribution in [2.45, 2.75) is 32.6 Å². The first kappa shape index (κ1) is 23.0. The van der Waals surface area contributed by atoms with Crippen molar-refractivity contribution >= 4 is 21.6 Å². The smallest absolute Gasteiger partial charge is 0.233 e. The summed E-state index contributed by atoms with van der Waals surface area (Å²) in [5.74, 6) is 4.45. The fourth-order valence-electron chi connectivity index (χ4n) is 3.19. The van der Waals surface area contributed by atoms with Crippen LogP contribution in [0.15, 0.2) is 24.3 Å². The van der Waals surface area contributed by atoms with E-state index in [1.807, 2.05) is 24.3 Å². The molecule has 0 bridgehead atoms. The number of piperazine rings is 1. The Kier molecular flexibility index (Phi) is 8.80. The number of carbonyl (C=O) groups is 1. The second-order valence-electron chi connectivity index (χ2n) is 7.10. The largest absolute Gasteiger partial charge is 0.497 e. The lowest BCUT2D eigenvalue weighted by molar-refractivity contribution is -0.119. The molecule has 1 saturated heterocycles. The van der Waals surface area contributed by atoms with Crippen LogP contribution in [0.3, 0.4) is 0 Å². The van der Waals surface area contributed by atoms with Crippen molar-refractivity contribution in [2.24, 2.45) is 11.7 Å². The Bertz CT molecular complexity index is 820. The van der Waals surface area contributed by atoms with Crippen LogP contribution in [0.1, 0.15) is 32.6 Å². The van der Waals surface area contributed by atoms with Crippen LogP contribution in [0.25, 0.3) is 0 Å². The van der Waals surface area contributed by atoms with Crippen LogP contribution in [0.4, 0.5) is 5.69 Å². The minimum absolute atomic E-state index is 0.356. The minimum atomic E-state index is -3.61. The third-order valence-corrected chi connectivity index (χ3v) is 6.88.